The molecule has 2 heterocycles. The molecule has 5 heteroatoms. The van der Waals surface area contributed by atoms with E-state index in [-0.39, 0.29) is 5.91 Å². The van der Waals surface area contributed by atoms with E-state index in [9.17, 15) is 4.79 Å². The zero-order chi connectivity index (χ0) is 16.3. The van der Waals surface area contributed by atoms with E-state index in [1.807, 2.05) is 16.9 Å². The van der Waals surface area contributed by atoms with Gasteiger partial charge in [-0.1, -0.05) is 13.8 Å². The van der Waals surface area contributed by atoms with Crippen LogP contribution in [0.15, 0.2) is 12.3 Å². The van der Waals surface area contributed by atoms with Crippen molar-refractivity contribution in [2.75, 3.05) is 19.6 Å². The lowest BCUT2D eigenvalue weighted by Gasteiger charge is -2.34. The first-order valence-electron chi connectivity index (χ1n) is 9.08. The highest BCUT2D eigenvalue weighted by Crippen LogP contribution is 2.37. The van der Waals surface area contributed by atoms with Crippen LogP contribution in [-0.4, -0.2) is 35.3 Å². The lowest BCUT2D eigenvalue weighted by molar-refractivity contribution is 0.0930. The molecule has 0 aromatic carbocycles. The van der Waals surface area contributed by atoms with Gasteiger partial charge in [-0.3, -0.25) is 9.48 Å². The minimum Gasteiger partial charge on any atom is -0.350 e. The highest BCUT2D eigenvalue weighted by Gasteiger charge is 2.27. The average Bonchev–Trinajstić information content (AvgIpc) is 3.04. The molecule has 2 N–H and O–H groups in total. The molecule has 23 heavy (non-hydrogen) atoms. The minimum atomic E-state index is -0.0302. The van der Waals surface area contributed by atoms with Crippen molar-refractivity contribution in [3.05, 3.63) is 18.0 Å². The molecule has 3 rings (SSSR count). The molecule has 2 fully saturated rings. The first-order chi connectivity index (χ1) is 11.0. The highest BCUT2D eigenvalue weighted by atomic mass is 16.1. The van der Waals surface area contributed by atoms with Crippen LogP contribution in [0.2, 0.25) is 0 Å². The summed E-state index contributed by atoms with van der Waals surface area (Å²) in [5, 5.41) is 11.0. The summed E-state index contributed by atoms with van der Waals surface area (Å²) in [6, 6.07) is 2.22. The fourth-order valence-corrected chi connectivity index (χ4v) is 3.71. The molecular formula is C18H30N4O. The maximum absolute atomic E-state index is 12.3. The molecule has 0 radical (unpaired) electrons. The molecule has 1 aliphatic carbocycles. The van der Waals surface area contributed by atoms with Crippen molar-refractivity contribution in [1.29, 1.82) is 0 Å². The van der Waals surface area contributed by atoms with Gasteiger partial charge < -0.3 is 10.6 Å². The Labute approximate surface area is 139 Å². The van der Waals surface area contributed by atoms with Crippen LogP contribution in [0.3, 0.4) is 0 Å². The van der Waals surface area contributed by atoms with Crippen LogP contribution in [-0.2, 0) is 0 Å². The second-order valence-corrected chi connectivity index (χ2v) is 8.00. The van der Waals surface area contributed by atoms with Crippen molar-refractivity contribution in [3.63, 3.8) is 0 Å². The summed E-state index contributed by atoms with van der Waals surface area (Å²) in [7, 11) is 0. The lowest BCUT2D eigenvalue weighted by Crippen LogP contribution is -2.34. The summed E-state index contributed by atoms with van der Waals surface area (Å²) in [5.74, 6) is 0.592. The van der Waals surface area contributed by atoms with Gasteiger partial charge in [0.05, 0.1) is 6.04 Å². The van der Waals surface area contributed by atoms with E-state index in [0.29, 0.717) is 23.1 Å². The van der Waals surface area contributed by atoms with Crippen LogP contribution >= 0.6 is 0 Å². The van der Waals surface area contributed by atoms with E-state index in [2.05, 4.69) is 29.6 Å². The molecule has 128 valence electrons. The lowest BCUT2D eigenvalue weighted by atomic mass is 9.73. The number of hydrogen-bond acceptors (Lipinski definition) is 3. The van der Waals surface area contributed by atoms with Crippen LogP contribution in [0.5, 0.6) is 0 Å². The van der Waals surface area contributed by atoms with Gasteiger partial charge in [0.25, 0.3) is 5.91 Å². The smallest absolute Gasteiger partial charge is 0.271 e. The third-order valence-electron chi connectivity index (χ3n) is 5.50. The van der Waals surface area contributed by atoms with Crippen LogP contribution < -0.4 is 10.6 Å². The van der Waals surface area contributed by atoms with Crippen molar-refractivity contribution < 1.29 is 4.79 Å². The number of carbonyl (C=O) groups is 1. The molecule has 1 saturated carbocycles. The van der Waals surface area contributed by atoms with Gasteiger partial charge in [-0.25, -0.2) is 0 Å². The molecule has 1 aliphatic heterocycles. The standard InChI is InChI=1S/C18H30N4O/c1-18(2)8-5-14(6-9-18)12-20-17(23)16-7-11-22(21-16)15-4-3-10-19-13-15/h7,11,14-15,19H,3-6,8-10,12-13H2,1-2H3,(H,20,23). The summed E-state index contributed by atoms with van der Waals surface area (Å²) in [5.41, 5.74) is 1.03. The van der Waals surface area contributed by atoms with E-state index in [0.717, 1.165) is 26.1 Å². The SMILES string of the molecule is CC1(C)CCC(CNC(=O)c2ccn(C3CCCNC3)n2)CC1. The Bertz CT molecular complexity index is 521. The predicted octanol–water partition coefficient (Wildman–Crippen LogP) is 2.75. The van der Waals surface area contributed by atoms with Gasteiger partial charge in [0, 0.05) is 19.3 Å². The Balaban J connectivity index is 1.48. The maximum Gasteiger partial charge on any atom is 0.271 e. The Kier molecular flexibility index (Phi) is 5.05. The van der Waals surface area contributed by atoms with E-state index < -0.39 is 0 Å². The molecule has 0 bridgehead atoms. The molecule has 1 atom stereocenters. The Morgan fingerprint density at radius 2 is 2.17 bits per heavy atom. The Hall–Kier alpha value is -1.36. The van der Waals surface area contributed by atoms with Crippen molar-refractivity contribution in [2.45, 2.75) is 58.4 Å². The summed E-state index contributed by atoms with van der Waals surface area (Å²) in [4.78, 5) is 12.3. The van der Waals surface area contributed by atoms with Crippen molar-refractivity contribution in [2.24, 2.45) is 11.3 Å². The van der Waals surface area contributed by atoms with Gasteiger partial charge in [0.1, 0.15) is 5.69 Å². The fraction of sp³-hybridized carbons (Fsp3) is 0.778. The molecule has 0 spiro atoms. The van der Waals surface area contributed by atoms with E-state index in [4.69, 9.17) is 0 Å². The molecule has 1 unspecified atom stereocenters. The zero-order valence-electron chi connectivity index (χ0n) is 14.5. The van der Waals surface area contributed by atoms with Crippen LogP contribution in [0.1, 0.15) is 68.9 Å². The maximum atomic E-state index is 12.3. The van der Waals surface area contributed by atoms with Crippen molar-refractivity contribution >= 4 is 5.91 Å². The number of rotatable bonds is 4. The molecule has 1 amide bonds. The fourth-order valence-electron chi connectivity index (χ4n) is 3.71. The van der Waals surface area contributed by atoms with E-state index >= 15 is 0 Å². The van der Waals surface area contributed by atoms with Gasteiger partial charge >= 0.3 is 0 Å². The van der Waals surface area contributed by atoms with Crippen LogP contribution in [0.25, 0.3) is 0 Å². The average molecular weight is 318 g/mol. The van der Waals surface area contributed by atoms with Gasteiger partial charge in [0.15, 0.2) is 0 Å². The third-order valence-corrected chi connectivity index (χ3v) is 5.50. The number of aromatic nitrogens is 2. The Morgan fingerprint density at radius 1 is 1.39 bits per heavy atom. The topological polar surface area (TPSA) is 59.0 Å². The van der Waals surface area contributed by atoms with Crippen molar-refractivity contribution in [3.8, 4) is 0 Å². The first-order valence-corrected chi connectivity index (χ1v) is 9.08. The Morgan fingerprint density at radius 3 is 2.87 bits per heavy atom. The first kappa shape index (κ1) is 16.5. The second-order valence-electron chi connectivity index (χ2n) is 8.00. The summed E-state index contributed by atoms with van der Waals surface area (Å²) in [6.45, 7) is 7.50. The highest BCUT2D eigenvalue weighted by molar-refractivity contribution is 5.92. The summed E-state index contributed by atoms with van der Waals surface area (Å²) >= 11 is 0. The monoisotopic (exact) mass is 318 g/mol. The van der Waals surface area contributed by atoms with Gasteiger partial charge in [-0.15, -0.1) is 0 Å². The summed E-state index contributed by atoms with van der Waals surface area (Å²) in [6.07, 6.45) is 9.20. The number of hydrogen-bond donors (Lipinski definition) is 2. The quantitative estimate of drug-likeness (QED) is 0.897. The number of nitrogens with one attached hydrogen (secondary N) is 2. The van der Waals surface area contributed by atoms with Crippen molar-refractivity contribution in [1.82, 2.24) is 20.4 Å². The van der Waals surface area contributed by atoms with Crippen LogP contribution in [0.4, 0.5) is 0 Å². The minimum absolute atomic E-state index is 0.0302. The molecule has 2 aliphatic rings. The van der Waals surface area contributed by atoms with E-state index in [1.54, 1.807) is 0 Å². The second kappa shape index (κ2) is 7.04. The normalized spacial score (nSPS) is 25.2. The number of nitrogens with zero attached hydrogens (tertiary/aromatic N) is 2. The largest absolute Gasteiger partial charge is 0.350 e. The summed E-state index contributed by atoms with van der Waals surface area (Å²) < 4.78 is 1.95. The van der Waals surface area contributed by atoms with Crippen LogP contribution in [0, 0.1) is 11.3 Å². The van der Waals surface area contributed by atoms with E-state index in [1.165, 1.54) is 32.1 Å². The van der Waals surface area contributed by atoms with Gasteiger partial charge in [0.2, 0.25) is 0 Å². The third kappa shape index (κ3) is 4.34. The van der Waals surface area contributed by atoms with Gasteiger partial charge in [-0.05, 0) is 62.5 Å². The zero-order valence-corrected chi connectivity index (χ0v) is 14.5. The predicted molar refractivity (Wildman–Crippen MR) is 91.4 cm³/mol. The molecular weight excluding hydrogens is 288 g/mol. The number of amides is 1. The van der Waals surface area contributed by atoms with Gasteiger partial charge in [-0.2, -0.15) is 5.10 Å². The molecule has 1 aromatic rings. The molecule has 1 aromatic heterocycles. The molecule has 1 saturated heterocycles. The number of carbonyl (C=O) groups excluding carboxylic acids is 1. The number of piperidine rings is 1. The molecule has 5 nitrogen and oxygen atoms in total.